The fourth-order valence-electron chi connectivity index (χ4n) is 1.55. The molecule has 5 heteroatoms. The summed E-state index contributed by atoms with van der Waals surface area (Å²) >= 11 is 1.80. The highest BCUT2D eigenvalue weighted by atomic mass is 32.2. The van der Waals surface area contributed by atoms with Gasteiger partial charge in [-0.2, -0.15) is 11.8 Å². The van der Waals surface area contributed by atoms with Crippen molar-refractivity contribution in [3.8, 4) is 0 Å². The fourth-order valence-corrected chi connectivity index (χ4v) is 2.45. The SMILES string of the molecule is Cn1c(C(=O)O)nc2c1CCSC2. The number of aromatic carboxylic acids is 1. The van der Waals surface area contributed by atoms with Gasteiger partial charge >= 0.3 is 5.97 Å². The average molecular weight is 198 g/mol. The first kappa shape index (κ1) is 8.62. The third kappa shape index (κ3) is 1.33. The number of fused-ring (bicyclic) bond motifs is 1. The highest BCUT2D eigenvalue weighted by Gasteiger charge is 2.21. The Morgan fingerprint density at radius 1 is 1.69 bits per heavy atom. The van der Waals surface area contributed by atoms with Gasteiger partial charge in [0.25, 0.3) is 0 Å². The fraction of sp³-hybridized carbons (Fsp3) is 0.500. The molecule has 0 spiro atoms. The summed E-state index contributed by atoms with van der Waals surface area (Å²) in [7, 11) is 1.77. The van der Waals surface area contributed by atoms with E-state index < -0.39 is 5.97 Å². The molecular formula is C8H10N2O2S. The van der Waals surface area contributed by atoms with Crippen molar-refractivity contribution < 1.29 is 9.90 Å². The van der Waals surface area contributed by atoms with Crippen molar-refractivity contribution >= 4 is 17.7 Å². The Bertz CT molecular complexity index is 359. The number of imidazole rings is 1. The average Bonchev–Trinajstić information content (AvgIpc) is 2.45. The number of carbonyl (C=O) groups is 1. The summed E-state index contributed by atoms with van der Waals surface area (Å²) < 4.78 is 1.69. The molecule has 1 aliphatic heterocycles. The molecule has 70 valence electrons. The van der Waals surface area contributed by atoms with Crippen LogP contribution in [-0.4, -0.2) is 26.4 Å². The number of carboxylic acids is 1. The van der Waals surface area contributed by atoms with Gasteiger partial charge in [-0.25, -0.2) is 9.78 Å². The van der Waals surface area contributed by atoms with E-state index in [1.165, 1.54) is 0 Å². The second kappa shape index (κ2) is 3.06. The molecule has 4 nitrogen and oxygen atoms in total. The summed E-state index contributed by atoms with van der Waals surface area (Å²) in [6.07, 6.45) is 0.927. The summed E-state index contributed by atoms with van der Waals surface area (Å²) in [6.45, 7) is 0. The zero-order valence-corrected chi connectivity index (χ0v) is 8.10. The van der Waals surface area contributed by atoms with E-state index in [1.54, 1.807) is 23.4 Å². The number of thioether (sulfide) groups is 1. The first-order chi connectivity index (χ1) is 6.20. The third-order valence-corrected chi connectivity index (χ3v) is 3.18. The molecule has 0 aromatic carbocycles. The Hall–Kier alpha value is -0.970. The van der Waals surface area contributed by atoms with E-state index in [4.69, 9.17) is 5.11 Å². The molecule has 0 unspecified atom stereocenters. The van der Waals surface area contributed by atoms with E-state index in [0.717, 1.165) is 29.3 Å². The molecule has 1 aliphatic rings. The second-order valence-electron chi connectivity index (χ2n) is 3.00. The van der Waals surface area contributed by atoms with Crippen LogP contribution in [0.25, 0.3) is 0 Å². The van der Waals surface area contributed by atoms with Gasteiger partial charge in [-0.1, -0.05) is 0 Å². The molecule has 13 heavy (non-hydrogen) atoms. The molecule has 0 aliphatic carbocycles. The number of rotatable bonds is 1. The van der Waals surface area contributed by atoms with Gasteiger partial charge in [0.2, 0.25) is 5.82 Å². The van der Waals surface area contributed by atoms with Crippen LogP contribution in [0.4, 0.5) is 0 Å². The molecule has 2 heterocycles. The maximum Gasteiger partial charge on any atom is 0.372 e. The van der Waals surface area contributed by atoms with E-state index in [9.17, 15) is 4.79 Å². The standard InChI is InChI=1S/C8H10N2O2S/c1-10-6-2-3-13-4-5(6)9-7(10)8(11)12/h2-4H2,1H3,(H,11,12). The third-order valence-electron chi connectivity index (χ3n) is 2.21. The molecule has 1 aromatic heterocycles. The van der Waals surface area contributed by atoms with E-state index in [0.29, 0.717) is 0 Å². The zero-order chi connectivity index (χ0) is 9.42. The van der Waals surface area contributed by atoms with Crippen LogP contribution < -0.4 is 0 Å². The van der Waals surface area contributed by atoms with Gasteiger partial charge in [0.1, 0.15) is 0 Å². The lowest BCUT2D eigenvalue weighted by atomic mass is 10.3. The molecule has 0 radical (unpaired) electrons. The first-order valence-electron chi connectivity index (χ1n) is 4.05. The van der Waals surface area contributed by atoms with Crippen LogP contribution in [0.5, 0.6) is 0 Å². The Labute approximate surface area is 80.0 Å². The number of aromatic nitrogens is 2. The van der Waals surface area contributed by atoms with Crippen LogP contribution in [0.2, 0.25) is 0 Å². The van der Waals surface area contributed by atoms with Gasteiger partial charge in [-0.05, 0) is 12.2 Å². The molecule has 0 saturated carbocycles. The number of nitrogens with zero attached hydrogens (tertiary/aromatic N) is 2. The van der Waals surface area contributed by atoms with Gasteiger partial charge in [0.05, 0.1) is 5.69 Å². The Balaban J connectivity index is 2.50. The lowest BCUT2D eigenvalue weighted by molar-refractivity contribution is 0.0679. The molecule has 0 saturated heterocycles. The predicted molar refractivity (Wildman–Crippen MR) is 50.0 cm³/mol. The van der Waals surface area contributed by atoms with E-state index >= 15 is 0 Å². The molecule has 0 bridgehead atoms. The van der Waals surface area contributed by atoms with Gasteiger partial charge in [-0.3, -0.25) is 0 Å². The second-order valence-corrected chi connectivity index (χ2v) is 4.10. The van der Waals surface area contributed by atoms with E-state index in [1.807, 2.05) is 0 Å². The van der Waals surface area contributed by atoms with Gasteiger partial charge < -0.3 is 9.67 Å². The summed E-state index contributed by atoms with van der Waals surface area (Å²) in [4.78, 5) is 14.8. The monoisotopic (exact) mass is 198 g/mol. The molecule has 0 atom stereocenters. The minimum atomic E-state index is -0.943. The minimum Gasteiger partial charge on any atom is -0.475 e. The normalized spacial score (nSPS) is 15.5. The van der Waals surface area contributed by atoms with E-state index in [2.05, 4.69) is 4.98 Å². The van der Waals surface area contributed by atoms with Crippen LogP contribution in [0.3, 0.4) is 0 Å². The summed E-state index contributed by atoms with van der Waals surface area (Å²) in [5, 5.41) is 8.82. The Morgan fingerprint density at radius 3 is 3.08 bits per heavy atom. The maximum absolute atomic E-state index is 10.7. The summed E-state index contributed by atoms with van der Waals surface area (Å²) in [5.74, 6) is 1.12. The van der Waals surface area contributed by atoms with Crippen molar-refractivity contribution in [2.45, 2.75) is 12.2 Å². The molecule has 2 rings (SSSR count). The molecule has 1 aromatic rings. The number of hydrogen-bond donors (Lipinski definition) is 1. The highest BCUT2D eigenvalue weighted by molar-refractivity contribution is 7.98. The van der Waals surface area contributed by atoms with Gasteiger partial charge in [-0.15, -0.1) is 0 Å². The van der Waals surface area contributed by atoms with Crippen LogP contribution in [0.1, 0.15) is 22.0 Å². The maximum atomic E-state index is 10.7. The minimum absolute atomic E-state index is 0.160. The molecule has 0 amide bonds. The van der Waals surface area contributed by atoms with Crippen molar-refractivity contribution in [2.75, 3.05) is 5.75 Å². The van der Waals surface area contributed by atoms with Crippen LogP contribution in [0.15, 0.2) is 0 Å². The van der Waals surface area contributed by atoms with Crippen molar-refractivity contribution in [1.82, 2.24) is 9.55 Å². The van der Waals surface area contributed by atoms with Crippen LogP contribution in [0, 0.1) is 0 Å². The molecular weight excluding hydrogens is 188 g/mol. The lowest BCUT2D eigenvalue weighted by Crippen LogP contribution is -2.09. The Kier molecular flexibility index (Phi) is 2.03. The van der Waals surface area contributed by atoms with Gasteiger partial charge in [0.15, 0.2) is 0 Å². The smallest absolute Gasteiger partial charge is 0.372 e. The lowest BCUT2D eigenvalue weighted by Gasteiger charge is -2.10. The van der Waals surface area contributed by atoms with Crippen molar-refractivity contribution in [2.24, 2.45) is 7.05 Å². The Morgan fingerprint density at radius 2 is 2.46 bits per heavy atom. The number of carboxylic acid groups (broad SMARTS) is 1. The topological polar surface area (TPSA) is 55.1 Å². The quantitative estimate of drug-likeness (QED) is 0.728. The predicted octanol–water partition coefficient (Wildman–Crippen LogP) is 0.908. The van der Waals surface area contributed by atoms with Crippen molar-refractivity contribution in [1.29, 1.82) is 0 Å². The largest absolute Gasteiger partial charge is 0.475 e. The van der Waals surface area contributed by atoms with Gasteiger partial charge in [0, 0.05) is 18.5 Å². The highest BCUT2D eigenvalue weighted by Crippen LogP contribution is 2.24. The molecule has 0 fully saturated rings. The van der Waals surface area contributed by atoms with Crippen molar-refractivity contribution in [3.63, 3.8) is 0 Å². The van der Waals surface area contributed by atoms with Crippen LogP contribution >= 0.6 is 11.8 Å². The van der Waals surface area contributed by atoms with Crippen LogP contribution in [-0.2, 0) is 19.2 Å². The van der Waals surface area contributed by atoms with E-state index in [-0.39, 0.29) is 5.82 Å². The van der Waals surface area contributed by atoms with Crippen molar-refractivity contribution in [3.05, 3.63) is 17.2 Å². The first-order valence-corrected chi connectivity index (χ1v) is 5.21. The zero-order valence-electron chi connectivity index (χ0n) is 7.28. The molecule has 1 N–H and O–H groups in total. The number of hydrogen-bond acceptors (Lipinski definition) is 3. The summed E-state index contributed by atoms with van der Waals surface area (Å²) in [6, 6.07) is 0. The summed E-state index contributed by atoms with van der Waals surface area (Å²) in [5.41, 5.74) is 2.02.